The highest BCUT2D eigenvalue weighted by atomic mass is 79.9. The van der Waals surface area contributed by atoms with Crippen LogP contribution >= 0.6 is 15.9 Å². The Balaban J connectivity index is 2.35. The van der Waals surface area contributed by atoms with Crippen LogP contribution in [0.4, 0.5) is 0 Å². The van der Waals surface area contributed by atoms with Gasteiger partial charge in [0.25, 0.3) is 0 Å². The Bertz CT molecular complexity index is 630. The third-order valence-electron chi connectivity index (χ3n) is 4.97. The molecule has 0 aliphatic carbocycles. The first-order valence-corrected chi connectivity index (χ1v) is 8.95. The highest BCUT2D eigenvalue weighted by Crippen LogP contribution is 2.34. The standard InChI is InChI=1S/C19H28BrN2/c1-6-18(3,4)14-19(5,7-2)22-13-12-21(15-22)17-11-9-8-10-16(17)20/h8-13,15H,6-7,14H2,1-5H3/q+1. The van der Waals surface area contributed by atoms with Crippen LogP contribution in [0.3, 0.4) is 0 Å². The third-order valence-corrected chi connectivity index (χ3v) is 5.64. The second-order valence-corrected chi connectivity index (χ2v) is 8.08. The molecule has 1 aromatic carbocycles. The molecule has 0 N–H and O–H groups in total. The van der Waals surface area contributed by atoms with Crippen LogP contribution in [0.1, 0.15) is 53.9 Å². The predicted octanol–water partition coefficient (Wildman–Crippen LogP) is 5.48. The minimum absolute atomic E-state index is 0.145. The van der Waals surface area contributed by atoms with Crippen molar-refractivity contribution in [2.75, 3.05) is 0 Å². The monoisotopic (exact) mass is 363 g/mol. The van der Waals surface area contributed by atoms with Gasteiger partial charge in [-0.2, -0.15) is 0 Å². The summed E-state index contributed by atoms with van der Waals surface area (Å²) in [5.41, 5.74) is 1.67. The lowest BCUT2D eigenvalue weighted by Gasteiger charge is -2.34. The molecule has 1 atom stereocenters. The average molecular weight is 364 g/mol. The van der Waals surface area contributed by atoms with Crippen LogP contribution in [-0.4, -0.2) is 4.57 Å². The second kappa shape index (κ2) is 6.57. The number of benzene rings is 1. The van der Waals surface area contributed by atoms with Crippen molar-refractivity contribution in [3.63, 3.8) is 0 Å². The molecular formula is C19H28BrN2+. The van der Waals surface area contributed by atoms with Gasteiger partial charge in [-0.15, -0.1) is 0 Å². The fraction of sp³-hybridized carbons (Fsp3) is 0.526. The molecule has 0 spiro atoms. The largest absolute Gasteiger partial charge is 0.249 e. The molecule has 1 aromatic heterocycles. The Morgan fingerprint density at radius 2 is 1.77 bits per heavy atom. The van der Waals surface area contributed by atoms with E-state index in [0.29, 0.717) is 5.41 Å². The highest BCUT2D eigenvalue weighted by Gasteiger charge is 2.35. The number of imidazole rings is 1. The normalized spacial score (nSPS) is 14.8. The van der Waals surface area contributed by atoms with E-state index >= 15 is 0 Å². The van der Waals surface area contributed by atoms with Crippen molar-refractivity contribution < 1.29 is 4.57 Å². The van der Waals surface area contributed by atoms with Crippen LogP contribution in [0.2, 0.25) is 0 Å². The summed E-state index contributed by atoms with van der Waals surface area (Å²) in [7, 11) is 0. The molecule has 0 amide bonds. The van der Waals surface area contributed by atoms with Gasteiger partial charge in [0.15, 0.2) is 0 Å². The van der Waals surface area contributed by atoms with Gasteiger partial charge < -0.3 is 0 Å². The Hall–Kier alpha value is -1.09. The molecule has 2 aromatic rings. The molecule has 0 saturated heterocycles. The minimum atomic E-state index is 0.145. The van der Waals surface area contributed by atoms with Gasteiger partial charge in [0.05, 0.1) is 4.47 Å². The van der Waals surface area contributed by atoms with Gasteiger partial charge in [0, 0.05) is 0 Å². The van der Waals surface area contributed by atoms with Crippen molar-refractivity contribution in [3.8, 4) is 5.69 Å². The summed E-state index contributed by atoms with van der Waals surface area (Å²) in [6, 6.07) is 8.33. The van der Waals surface area contributed by atoms with Gasteiger partial charge in [0.1, 0.15) is 23.6 Å². The van der Waals surface area contributed by atoms with Crippen LogP contribution in [0.25, 0.3) is 5.69 Å². The van der Waals surface area contributed by atoms with Gasteiger partial charge in [-0.25, -0.2) is 9.13 Å². The van der Waals surface area contributed by atoms with E-state index in [1.54, 1.807) is 0 Å². The molecule has 0 fully saturated rings. The van der Waals surface area contributed by atoms with E-state index in [9.17, 15) is 0 Å². The SMILES string of the molecule is CCC(C)(C)CC(C)(CC)[n+]1ccn(-c2ccccc2Br)c1. The van der Waals surface area contributed by atoms with Crippen molar-refractivity contribution >= 4 is 15.9 Å². The number of aromatic nitrogens is 2. The summed E-state index contributed by atoms with van der Waals surface area (Å²) in [6.07, 6.45) is 10.1. The number of nitrogens with zero attached hydrogens (tertiary/aromatic N) is 2. The lowest BCUT2D eigenvalue weighted by Crippen LogP contribution is -2.54. The highest BCUT2D eigenvalue weighted by molar-refractivity contribution is 9.10. The van der Waals surface area contributed by atoms with E-state index in [1.807, 2.05) is 6.07 Å². The van der Waals surface area contributed by atoms with Crippen molar-refractivity contribution in [1.82, 2.24) is 4.57 Å². The quantitative estimate of drug-likeness (QED) is 0.600. The van der Waals surface area contributed by atoms with Crippen molar-refractivity contribution in [2.24, 2.45) is 5.41 Å². The van der Waals surface area contributed by atoms with E-state index in [0.717, 1.165) is 10.9 Å². The Morgan fingerprint density at radius 1 is 1.09 bits per heavy atom. The molecule has 1 unspecified atom stereocenters. The fourth-order valence-electron chi connectivity index (χ4n) is 3.03. The molecule has 0 saturated carbocycles. The molecule has 0 aliphatic heterocycles. The van der Waals surface area contributed by atoms with Crippen LogP contribution in [0, 0.1) is 5.41 Å². The molecule has 0 bridgehead atoms. The van der Waals surface area contributed by atoms with Crippen LogP contribution in [-0.2, 0) is 5.54 Å². The van der Waals surface area contributed by atoms with Crippen molar-refractivity contribution in [3.05, 3.63) is 47.5 Å². The van der Waals surface area contributed by atoms with Gasteiger partial charge in [-0.1, -0.05) is 46.2 Å². The summed E-state index contributed by atoms with van der Waals surface area (Å²) in [5.74, 6) is 0. The van der Waals surface area contributed by atoms with E-state index in [4.69, 9.17) is 0 Å². The second-order valence-electron chi connectivity index (χ2n) is 7.22. The summed E-state index contributed by atoms with van der Waals surface area (Å²) >= 11 is 3.64. The maximum Gasteiger partial charge on any atom is 0.249 e. The Kier molecular flexibility index (Phi) is 5.16. The molecule has 120 valence electrons. The fourth-order valence-corrected chi connectivity index (χ4v) is 3.52. The van der Waals surface area contributed by atoms with Crippen molar-refractivity contribution in [1.29, 1.82) is 0 Å². The molecule has 2 rings (SSSR count). The zero-order chi connectivity index (χ0) is 16.4. The van der Waals surface area contributed by atoms with E-state index in [2.05, 4.69) is 96.6 Å². The van der Waals surface area contributed by atoms with Gasteiger partial charge in [-0.3, -0.25) is 0 Å². The molecular weight excluding hydrogens is 336 g/mol. The van der Waals surface area contributed by atoms with E-state index < -0.39 is 0 Å². The maximum atomic E-state index is 3.64. The summed E-state index contributed by atoms with van der Waals surface area (Å²) in [6.45, 7) is 11.7. The van der Waals surface area contributed by atoms with Crippen LogP contribution in [0.15, 0.2) is 47.5 Å². The zero-order valence-electron chi connectivity index (χ0n) is 14.4. The number of hydrogen-bond donors (Lipinski definition) is 0. The van der Waals surface area contributed by atoms with Crippen LogP contribution in [0.5, 0.6) is 0 Å². The Labute approximate surface area is 143 Å². The number of hydrogen-bond acceptors (Lipinski definition) is 0. The lowest BCUT2D eigenvalue weighted by molar-refractivity contribution is -0.764. The average Bonchev–Trinajstić information content (AvgIpc) is 2.97. The van der Waals surface area contributed by atoms with Gasteiger partial charge in [-0.05, 0) is 53.2 Å². The third kappa shape index (κ3) is 3.62. The van der Waals surface area contributed by atoms with Crippen LogP contribution < -0.4 is 4.57 Å². The van der Waals surface area contributed by atoms with Crippen molar-refractivity contribution in [2.45, 2.75) is 59.4 Å². The maximum absolute atomic E-state index is 3.64. The van der Waals surface area contributed by atoms with Gasteiger partial charge >= 0.3 is 0 Å². The summed E-state index contributed by atoms with van der Waals surface area (Å²) < 4.78 is 5.69. The Morgan fingerprint density at radius 3 is 2.36 bits per heavy atom. The molecule has 0 radical (unpaired) electrons. The number of rotatable bonds is 6. The van der Waals surface area contributed by atoms with E-state index in [1.165, 1.54) is 18.5 Å². The van der Waals surface area contributed by atoms with Gasteiger partial charge in [0.2, 0.25) is 6.33 Å². The minimum Gasteiger partial charge on any atom is -0.231 e. The molecule has 2 nitrogen and oxygen atoms in total. The first kappa shape index (κ1) is 17.3. The lowest BCUT2D eigenvalue weighted by atomic mass is 9.76. The number of halogens is 1. The summed E-state index contributed by atoms with van der Waals surface area (Å²) in [4.78, 5) is 0. The van der Waals surface area contributed by atoms with E-state index in [-0.39, 0.29) is 5.54 Å². The smallest absolute Gasteiger partial charge is 0.231 e. The zero-order valence-corrected chi connectivity index (χ0v) is 16.0. The molecule has 3 heteroatoms. The first-order valence-electron chi connectivity index (χ1n) is 8.16. The number of para-hydroxylation sites is 1. The predicted molar refractivity (Wildman–Crippen MR) is 96.3 cm³/mol. The molecule has 1 heterocycles. The molecule has 0 aliphatic rings. The summed E-state index contributed by atoms with van der Waals surface area (Å²) in [5, 5.41) is 0. The molecule has 22 heavy (non-hydrogen) atoms. The first-order chi connectivity index (χ1) is 10.3. The topological polar surface area (TPSA) is 8.81 Å².